The number of nitrogens with zero attached hydrogens (tertiary/aromatic N) is 8. The minimum atomic E-state index is -0.0537. The Balaban J connectivity index is 1.21. The fourth-order valence-corrected chi connectivity index (χ4v) is 5.29. The van der Waals surface area contributed by atoms with Crippen molar-refractivity contribution in [3.63, 3.8) is 0 Å². The molecule has 0 bridgehead atoms. The summed E-state index contributed by atoms with van der Waals surface area (Å²) < 4.78 is 2.03. The van der Waals surface area contributed by atoms with Crippen molar-refractivity contribution in [2.24, 2.45) is 7.05 Å². The number of hydrogen-bond donors (Lipinski definition) is 1. The van der Waals surface area contributed by atoms with Crippen LogP contribution < -0.4 is 10.2 Å². The number of aromatic nitrogens is 6. The van der Waals surface area contributed by atoms with Crippen molar-refractivity contribution in [2.75, 3.05) is 29.9 Å². The Labute approximate surface area is 232 Å². The van der Waals surface area contributed by atoms with E-state index in [2.05, 4.69) is 80.1 Å². The molecular weight excluding hydrogens is 502 g/mol. The minimum Gasteiger partial charge on any atom is -0.338 e. The molecule has 0 spiro atoms. The third kappa shape index (κ3) is 4.84. The first-order valence-electron chi connectivity index (χ1n) is 13.3. The maximum absolute atomic E-state index is 12.1. The number of nitrogens with one attached hydrogen (secondary N) is 1. The zero-order valence-electron chi connectivity index (χ0n) is 22.9. The minimum absolute atomic E-state index is 0.0236. The highest BCUT2D eigenvalue weighted by atomic mass is 16.2. The van der Waals surface area contributed by atoms with E-state index in [1.54, 1.807) is 6.20 Å². The number of amides is 1. The van der Waals surface area contributed by atoms with Crippen LogP contribution in [0.3, 0.4) is 0 Å². The Morgan fingerprint density at radius 3 is 2.77 bits per heavy atom. The standard InChI is InChI=1S/C30H31N9O/c1-5-27(40)39-11-10-38(16-20(39)3)30-31-15-25-28(36-30)29(33-17-32-25)35-23-8-7-22(19(2)12-23)13-21-6-9-26-24(14-21)34-18-37(26)4/h5-9,12,14-15,17-18,20H,1,10-11,13,16H2,2-4H3,(H,32,33,35). The highest BCUT2D eigenvalue weighted by Gasteiger charge is 2.27. The van der Waals surface area contributed by atoms with Crippen molar-refractivity contribution in [2.45, 2.75) is 26.3 Å². The summed E-state index contributed by atoms with van der Waals surface area (Å²) in [5.74, 6) is 1.16. The summed E-state index contributed by atoms with van der Waals surface area (Å²) in [5, 5.41) is 3.44. The number of rotatable bonds is 6. The summed E-state index contributed by atoms with van der Waals surface area (Å²) in [5.41, 5.74) is 8.03. The summed E-state index contributed by atoms with van der Waals surface area (Å²) in [6, 6.07) is 12.8. The van der Waals surface area contributed by atoms with E-state index in [9.17, 15) is 4.79 Å². The molecule has 4 heterocycles. The van der Waals surface area contributed by atoms with Gasteiger partial charge in [0, 0.05) is 38.4 Å². The number of anilines is 3. The zero-order valence-corrected chi connectivity index (χ0v) is 22.9. The van der Waals surface area contributed by atoms with Crippen LogP contribution in [-0.4, -0.2) is 66.0 Å². The topological polar surface area (TPSA) is 105 Å². The van der Waals surface area contributed by atoms with Crippen LogP contribution in [0.4, 0.5) is 17.5 Å². The first-order valence-corrected chi connectivity index (χ1v) is 13.3. The Bertz CT molecular complexity index is 1740. The van der Waals surface area contributed by atoms with Crippen LogP contribution in [0.1, 0.15) is 23.6 Å². The number of imidazole rings is 1. The van der Waals surface area contributed by atoms with Crippen LogP contribution in [0, 0.1) is 6.92 Å². The molecule has 0 saturated carbocycles. The molecule has 10 nitrogen and oxygen atoms in total. The third-order valence-corrected chi connectivity index (χ3v) is 7.52. The van der Waals surface area contributed by atoms with Gasteiger partial charge in [-0.3, -0.25) is 4.79 Å². The average Bonchev–Trinajstić information content (AvgIpc) is 3.33. The van der Waals surface area contributed by atoms with Gasteiger partial charge in [-0.05, 0) is 67.3 Å². The fourth-order valence-electron chi connectivity index (χ4n) is 5.29. The van der Waals surface area contributed by atoms with Gasteiger partial charge in [-0.15, -0.1) is 0 Å². The first kappa shape index (κ1) is 25.4. The molecule has 6 rings (SSSR count). The molecule has 1 N–H and O–H groups in total. The van der Waals surface area contributed by atoms with Crippen LogP contribution in [0.15, 0.2) is 67.9 Å². The van der Waals surface area contributed by atoms with E-state index >= 15 is 0 Å². The number of fused-ring (bicyclic) bond motifs is 2. The SMILES string of the molecule is C=CC(=O)N1CCN(c2ncc3ncnc(Nc4ccc(Cc5ccc6c(c5)ncn6C)c(C)c4)c3n2)CC1C. The molecule has 0 aliphatic carbocycles. The number of carbonyl (C=O) groups excluding carboxylic acids is 1. The number of piperazine rings is 1. The lowest BCUT2D eigenvalue weighted by Crippen LogP contribution is -2.54. The van der Waals surface area contributed by atoms with E-state index in [0.717, 1.165) is 23.1 Å². The molecule has 1 fully saturated rings. The van der Waals surface area contributed by atoms with E-state index in [0.29, 0.717) is 42.4 Å². The molecule has 1 saturated heterocycles. The Kier molecular flexibility index (Phi) is 6.59. The van der Waals surface area contributed by atoms with Crippen LogP contribution in [0.2, 0.25) is 0 Å². The Hall–Kier alpha value is -4.86. The lowest BCUT2D eigenvalue weighted by molar-refractivity contribution is -0.128. The van der Waals surface area contributed by atoms with E-state index in [4.69, 9.17) is 4.98 Å². The van der Waals surface area contributed by atoms with Crippen molar-refractivity contribution in [3.8, 4) is 0 Å². The zero-order chi connectivity index (χ0) is 27.8. The second-order valence-corrected chi connectivity index (χ2v) is 10.3. The molecule has 1 atom stereocenters. The van der Waals surface area contributed by atoms with Gasteiger partial charge in [-0.2, -0.15) is 0 Å². The van der Waals surface area contributed by atoms with Crippen molar-refractivity contribution in [1.82, 2.24) is 34.4 Å². The largest absolute Gasteiger partial charge is 0.338 e. The van der Waals surface area contributed by atoms with Gasteiger partial charge in [0.05, 0.1) is 23.6 Å². The summed E-state index contributed by atoms with van der Waals surface area (Å²) in [4.78, 5) is 38.8. The van der Waals surface area contributed by atoms with Gasteiger partial charge >= 0.3 is 0 Å². The van der Waals surface area contributed by atoms with Crippen LogP contribution in [0.25, 0.3) is 22.1 Å². The molecule has 1 aliphatic rings. The van der Waals surface area contributed by atoms with Crippen molar-refractivity contribution in [3.05, 3.63) is 84.6 Å². The van der Waals surface area contributed by atoms with Crippen LogP contribution in [-0.2, 0) is 18.3 Å². The molecule has 5 aromatic rings. The molecule has 202 valence electrons. The molecule has 1 amide bonds. The maximum Gasteiger partial charge on any atom is 0.246 e. The molecule has 10 heteroatoms. The third-order valence-electron chi connectivity index (χ3n) is 7.52. The van der Waals surface area contributed by atoms with E-state index < -0.39 is 0 Å². The second kappa shape index (κ2) is 10.4. The van der Waals surface area contributed by atoms with Gasteiger partial charge in [0.1, 0.15) is 17.4 Å². The van der Waals surface area contributed by atoms with E-state index in [1.807, 2.05) is 29.8 Å². The van der Waals surface area contributed by atoms with Gasteiger partial charge < -0.3 is 19.7 Å². The highest BCUT2D eigenvalue weighted by molar-refractivity contribution is 5.88. The normalized spacial score (nSPS) is 15.5. The lowest BCUT2D eigenvalue weighted by Gasteiger charge is -2.39. The first-order chi connectivity index (χ1) is 19.4. The van der Waals surface area contributed by atoms with Crippen LogP contribution >= 0.6 is 0 Å². The number of hydrogen-bond acceptors (Lipinski definition) is 8. The molecule has 40 heavy (non-hydrogen) atoms. The maximum atomic E-state index is 12.1. The van der Waals surface area contributed by atoms with Crippen molar-refractivity contribution < 1.29 is 4.79 Å². The highest BCUT2D eigenvalue weighted by Crippen LogP contribution is 2.26. The lowest BCUT2D eigenvalue weighted by atomic mass is 9.99. The van der Waals surface area contributed by atoms with Gasteiger partial charge in [0.25, 0.3) is 0 Å². The smallest absolute Gasteiger partial charge is 0.246 e. The summed E-state index contributed by atoms with van der Waals surface area (Å²) >= 11 is 0. The molecule has 0 radical (unpaired) electrons. The van der Waals surface area contributed by atoms with Gasteiger partial charge in [-0.1, -0.05) is 18.7 Å². The summed E-state index contributed by atoms with van der Waals surface area (Å²) in [6.45, 7) is 9.62. The molecule has 3 aromatic heterocycles. The number of benzene rings is 2. The Morgan fingerprint density at radius 1 is 1.10 bits per heavy atom. The van der Waals surface area contributed by atoms with Gasteiger partial charge in [0.15, 0.2) is 5.82 Å². The quantitative estimate of drug-likeness (QED) is 0.324. The number of aryl methyl sites for hydroxylation is 2. The number of carbonyl (C=O) groups is 1. The molecule has 1 unspecified atom stereocenters. The van der Waals surface area contributed by atoms with Gasteiger partial charge in [0.2, 0.25) is 11.9 Å². The Morgan fingerprint density at radius 2 is 1.98 bits per heavy atom. The monoisotopic (exact) mass is 533 g/mol. The van der Waals surface area contributed by atoms with Crippen molar-refractivity contribution in [1.29, 1.82) is 0 Å². The van der Waals surface area contributed by atoms with Gasteiger partial charge in [-0.25, -0.2) is 24.9 Å². The summed E-state index contributed by atoms with van der Waals surface area (Å²) in [6.07, 6.45) is 7.28. The molecular formula is C30H31N9O. The second-order valence-electron chi connectivity index (χ2n) is 10.3. The van der Waals surface area contributed by atoms with E-state index in [-0.39, 0.29) is 11.9 Å². The van der Waals surface area contributed by atoms with Crippen LogP contribution in [0.5, 0.6) is 0 Å². The molecule has 2 aromatic carbocycles. The molecule has 1 aliphatic heterocycles. The van der Waals surface area contributed by atoms with Crippen molar-refractivity contribution >= 4 is 45.4 Å². The predicted molar refractivity (Wildman–Crippen MR) is 157 cm³/mol. The predicted octanol–water partition coefficient (Wildman–Crippen LogP) is 4.17. The fraction of sp³-hybridized carbons (Fsp3) is 0.267. The average molecular weight is 534 g/mol. The van der Waals surface area contributed by atoms with E-state index in [1.165, 1.54) is 29.1 Å². The summed E-state index contributed by atoms with van der Waals surface area (Å²) in [7, 11) is 2.01.